The van der Waals surface area contributed by atoms with Gasteiger partial charge >= 0.3 is 0 Å². The van der Waals surface area contributed by atoms with Gasteiger partial charge in [-0.05, 0) is 17.7 Å². The fourth-order valence-electron chi connectivity index (χ4n) is 1.72. The van der Waals surface area contributed by atoms with Crippen LogP contribution in [0.5, 0.6) is 0 Å². The molecule has 3 atom stereocenters. The van der Waals surface area contributed by atoms with Crippen LogP contribution in [-0.4, -0.2) is 10.5 Å². The van der Waals surface area contributed by atoms with Gasteiger partial charge in [-0.3, -0.25) is 0 Å². The first-order valence-corrected chi connectivity index (χ1v) is 5.42. The zero-order valence-corrected chi connectivity index (χ0v) is 9.84. The molecule has 0 aromatic heterocycles. The number of hydrogen-bond acceptors (Lipinski definition) is 1. The molecule has 0 heterocycles. The average molecular weight is 281 g/mol. The molecule has 0 fully saturated rings. The topological polar surface area (TPSA) is 20.2 Å². The maximum absolute atomic E-state index is 13.7. The number of fused-ring (bicyclic) bond motifs is 1. The first kappa shape index (κ1) is 10.5. The van der Waals surface area contributed by atoms with Crippen LogP contribution in [0.15, 0.2) is 16.6 Å². The van der Waals surface area contributed by atoms with Gasteiger partial charge in [-0.2, -0.15) is 0 Å². The molecule has 76 valence electrons. The summed E-state index contributed by atoms with van der Waals surface area (Å²) in [5.74, 6) is -0.425. The molecule has 0 amide bonds. The van der Waals surface area contributed by atoms with E-state index in [-0.39, 0.29) is 6.42 Å². The van der Waals surface area contributed by atoms with Crippen LogP contribution in [-0.2, 0) is 6.42 Å². The summed E-state index contributed by atoms with van der Waals surface area (Å²) in [4.78, 5) is 0. The Morgan fingerprint density at radius 1 is 1.57 bits per heavy atom. The van der Waals surface area contributed by atoms with E-state index in [4.69, 9.17) is 0 Å². The van der Waals surface area contributed by atoms with E-state index >= 15 is 0 Å². The summed E-state index contributed by atoms with van der Waals surface area (Å²) in [6.45, 7) is 0. The number of hydrogen-bond donors (Lipinski definition) is 1. The third kappa shape index (κ3) is 1.50. The lowest BCUT2D eigenvalue weighted by Gasteiger charge is -2.17. The molecule has 0 saturated carbocycles. The Hall–Kier alpha value is -0.0500. The van der Waals surface area contributed by atoms with Crippen molar-refractivity contribution in [2.45, 2.75) is 17.9 Å². The summed E-state index contributed by atoms with van der Waals surface area (Å²) < 4.78 is 27.1. The fourth-order valence-corrected chi connectivity index (χ4v) is 2.80. The molecule has 0 aliphatic heterocycles. The van der Waals surface area contributed by atoms with Crippen LogP contribution in [0.25, 0.3) is 0 Å². The maximum Gasteiger partial charge on any atom is 0.157 e. The summed E-state index contributed by atoms with van der Waals surface area (Å²) in [5.41, 5.74) is 0.964. The minimum absolute atomic E-state index is 0.0184. The van der Waals surface area contributed by atoms with E-state index < -0.39 is 17.3 Å². The van der Waals surface area contributed by atoms with Crippen molar-refractivity contribution >= 4 is 25.2 Å². The van der Waals surface area contributed by atoms with Crippen LogP contribution < -0.4 is 0 Å². The molecule has 1 nitrogen and oxygen atoms in total. The number of alkyl halides is 1. The summed E-state index contributed by atoms with van der Waals surface area (Å²) in [5, 5.41) is 7.85. The predicted octanol–water partition coefficient (Wildman–Crippen LogP) is 2.72. The molecule has 3 unspecified atom stereocenters. The lowest BCUT2D eigenvalue weighted by atomic mass is 10.1. The molecule has 0 spiro atoms. The molecule has 0 saturated heterocycles. The van der Waals surface area contributed by atoms with Gasteiger partial charge in [0.05, 0.1) is 0 Å². The zero-order chi connectivity index (χ0) is 10.5. The predicted molar refractivity (Wildman–Crippen MR) is 56.3 cm³/mol. The van der Waals surface area contributed by atoms with Gasteiger partial charge in [-0.15, -0.1) is 0 Å². The van der Waals surface area contributed by atoms with Gasteiger partial charge in [0, 0.05) is 16.5 Å². The standard InChI is InChI=1S/C9H8BrF2OP/c10-6-2-5(11)1-4-3-9(12,14)8(13)7(4)6/h1-2,8,13H,3,14H2. The Labute approximate surface area is 90.8 Å². The van der Waals surface area contributed by atoms with Crippen LogP contribution in [0.1, 0.15) is 17.2 Å². The summed E-state index contributed by atoms with van der Waals surface area (Å²) >= 11 is 3.11. The molecular formula is C9H8BrF2OP. The summed E-state index contributed by atoms with van der Waals surface area (Å²) in [6.07, 6.45) is -1.19. The smallest absolute Gasteiger partial charge is 0.157 e. The normalized spacial score (nSPS) is 30.5. The van der Waals surface area contributed by atoms with Crippen molar-refractivity contribution < 1.29 is 13.9 Å². The van der Waals surface area contributed by atoms with Crippen molar-refractivity contribution in [1.82, 2.24) is 0 Å². The maximum atomic E-state index is 13.7. The first-order chi connectivity index (χ1) is 6.42. The Balaban J connectivity index is 2.59. The lowest BCUT2D eigenvalue weighted by Crippen LogP contribution is -2.19. The van der Waals surface area contributed by atoms with E-state index in [1.54, 1.807) is 0 Å². The van der Waals surface area contributed by atoms with Crippen LogP contribution in [0.2, 0.25) is 0 Å². The van der Waals surface area contributed by atoms with Crippen molar-refractivity contribution in [3.05, 3.63) is 33.5 Å². The van der Waals surface area contributed by atoms with Crippen LogP contribution in [0.3, 0.4) is 0 Å². The van der Waals surface area contributed by atoms with Gasteiger partial charge < -0.3 is 5.11 Å². The minimum atomic E-state index is -1.78. The zero-order valence-electron chi connectivity index (χ0n) is 7.10. The second kappa shape index (κ2) is 3.22. The highest BCUT2D eigenvalue weighted by atomic mass is 79.9. The van der Waals surface area contributed by atoms with Gasteiger partial charge in [0.1, 0.15) is 11.9 Å². The molecule has 1 N–H and O–H groups in total. The van der Waals surface area contributed by atoms with Crippen molar-refractivity contribution in [2.75, 3.05) is 0 Å². The van der Waals surface area contributed by atoms with E-state index in [1.165, 1.54) is 12.1 Å². The number of benzene rings is 1. The molecule has 0 bridgehead atoms. The van der Waals surface area contributed by atoms with Crippen LogP contribution in [0.4, 0.5) is 8.78 Å². The third-order valence-corrected chi connectivity index (χ3v) is 3.55. The first-order valence-electron chi connectivity index (χ1n) is 4.05. The highest BCUT2D eigenvalue weighted by Crippen LogP contribution is 2.48. The van der Waals surface area contributed by atoms with E-state index in [9.17, 15) is 13.9 Å². The Morgan fingerprint density at radius 2 is 2.21 bits per heavy atom. The Kier molecular flexibility index (Phi) is 2.41. The molecule has 1 aromatic carbocycles. The number of rotatable bonds is 0. The second-order valence-electron chi connectivity index (χ2n) is 3.47. The van der Waals surface area contributed by atoms with Crippen LogP contribution >= 0.6 is 25.2 Å². The van der Waals surface area contributed by atoms with Gasteiger partial charge in [-0.25, -0.2) is 8.78 Å². The second-order valence-corrected chi connectivity index (χ2v) is 5.28. The molecule has 1 aromatic rings. The van der Waals surface area contributed by atoms with Gasteiger partial charge in [0.25, 0.3) is 0 Å². The van der Waals surface area contributed by atoms with Crippen LogP contribution in [0, 0.1) is 5.82 Å². The highest BCUT2D eigenvalue weighted by molar-refractivity contribution is 9.10. The molecule has 1 aliphatic rings. The van der Waals surface area contributed by atoms with E-state index in [0.717, 1.165) is 0 Å². The molecule has 2 rings (SSSR count). The minimum Gasteiger partial charge on any atom is -0.385 e. The van der Waals surface area contributed by atoms with E-state index in [1.807, 2.05) is 9.24 Å². The highest BCUT2D eigenvalue weighted by Gasteiger charge is 2.43. The fraction of sp³-hybridized carbons (Fsp3) is 0.333. The molecule has 1 aliphatic carbocycles. The quantitative estimate of drug-likeness (QED) is 0.725. The summed E-state index contributed by atoms with van der Waals surface area (Å²) in [7, 11) is 1.97. The summed E-state index contributed by atoms with van der Waals surface area (Å²) in [6, 6.07) is 2.49. The number of halogens is 3. The van der Waals surface area contributed by atoms with E-state index in [0.29, 0.717) is 15.6 Å². The monoisotopic (exact) mass is 280 g/mol. The van der Waals surface area contributed by atoms with Gasteiger partial charge in [0.2, 0.25) is 0 Å². The van der Waals surface area contributed by atoms with Gasteiger partial charge in [0.15, 0.2) is 5.41 Å². The largest absolute Gasteiger partial charge is 0.385 e. The van der Waals surface area contributed by atoms with Gasteiger partial charge in [-0.1, -0.05) is 25.2 Å². The number of aliphatic hydroxyl groups excluding tert-OH is 1. The number of aliphatic hydroxyl groups is 1. The van der Waals surface area contributed by atoms with E-state index in [2.05, 4.69) is 15.9 Å². The SMILES string of the molecule is OC1c2c(Br)cc(F)cc2CC1(F)P. The Bertz CT molecular complexity index is 395. The lowest BCUT2D eigenvalue weighted by molar-refractivity contribution is 0.0683. The molecule has 0 radical (unpaired) electrons. The van der Waals surface area contributed by atoms with Crippen molar-refractivity contribution in [2.24, 2.45) is 0 Å². The van der Waals surface area contributed by atoms with Crippen molar-refractivity contribution in [3.8, 4) is 0 Å². The molecule has 5 heteroatoms. The average Bonchev–Trinajstić information content (AvgIpc) is 2.21. The third-order valence-electron chi connectivity index (χ3n) is 2.37. The Morgan fingerprint density at radius 3 is 2.86 bits per heavy atom. The van der Waals surface area contributed by atoms with Crippen molar-refractivity contribution in [3.63, 3.8) is 0 Å². The van der Waals surface area contributed by atoms with Crippen molar-refractivity contribution in [1.29, 1.82) is 0 Å². The molecule has 14 heavy (non-hydrogen) atoms. The molecular weight excluding hydrogens is 273 g/mol.